The van der Waals surface area contributed by atoms with Gasteiger partial charge in [0.2, 0.25) is 5.91 Å². The first-order valence-corrected chi connectivity index (χ1v) is 8.20. The molecule has 0 aliphatic rings. The van der Waals surface area contributed by atoms with Crippen LogP contribution < -0.4 is 10.6 Å². The van der Waals surface area contributed by atoms with Gasteiger partial charge in [-0.25, -0.2) is 0 Å². The fourth-order valence-electron chi connectivity index (χ4n) is 2.10. The van der Waals surface area contributed by atoms with Crippen LogP contribution in [0.3, 0.4) is 0 Å². The van der Waals surface area contributed by atoms with E-state index in [4.69, 9.17) is 0 Å². The highest BCUT2D eigenvalue weighted by Crippen LogP contribution is 2.17. The minimum Gasteiger partial charge on any atom is -0.381 e. The van der Waals surface area contributed by atoms with E-state index in [9.17, 15) is 4.79 Å². The van der Waals surface area contributed by atoms with Gasteiger partial charge in [-0.1, -0.05) is 48.0 Å². The molecule has 0 bridgehead atoms. The minimum atomic E-state index is 0.0556. The third-order valence-corrected chi connectivity index (χ3v) is 3.68. The van der Waals surface area contributed by atoms with E-state index in [1.54, 1.807) is 0 Å². The van der Waals surface area contributed by atoms with Gasteiger partial charge in [0, 0.05) is 28.8 Å². The number of amides is 1. The van der Waals surface area contributed by atoms with Gasteiger partial charge in [-0.15, -0.1) is 0 Å². The quantitative estimate of drug-likeness (QED) is 0.756. The maximum atomic E-state index is 11.8. The van der Waals surface area contributed by atoms with E-state index in [1.807, 2.05) is 50.2 Å². The molecule has 0 aliphatic carbocycles. The van der Waals surface area contributed by atoms with E-state index in [2.05, 4.69) is 38.7 Å². The van der Waals surface area contributed by atoms with Crippen molar-refractivity contribution in [2.24, 2.45) is 5.92 Å². The zero-order valence-electron chi connectivity index (χ0n) is 12.9. The first-order valence-electron chi connectivity index (χ1n) is 7.41. The molecule has 0 unspecified atom stereocenters. The molecule has 2 aromatic rings. The van der Waals surface area contributed by atoms with Crippen LogP contribution in [0.4, 0.5) is 11.4 Å². The van der Waals surface area contributed by atoms with E-state index in [1.165, 1.54) is 5.56 Å². The standard InChI is InChI=1S/C18H21BrN2O/c1-13(2)10-18(22)21-17-5-3-4-16(11-17)20-12-14-6-8-15(19)9-7-14/h3-9,11,13,20H,10,12H2,1-2H3,(H,21,22). The van der Waals surface area contributed by atoms with Crippen LogP contribution >= 0.6 is 15.9 Å². The summed E-state index contributed by atoms with van der Waals surface area (Å²) in [5.74, 6) is 0.416. The molecule has 0 atom stereocenters. The molecule has 4 heteroatoms. The lowest BCUT2D eigenvalue weighted by atomic mass is 10.1. The van der Waals surface area contributed by atoms with Crippen molar-refractivity contribution in [2.75, 3.05) is 10.6 Å². The molecule has 0 spiro atoms. The number of rotatable bonds is 6. The lowest BCUT2D eigenvalue weighted by molar-refractivity contribution is -0.116. The predicted octanol–water partition coefficient (Wildman–Crippen LogP) is 5.05. The number of nitrogens with one attached hydrogen (secondary N) is 2. The molecule has 2 aromatic carbocycles. The van der Waals surface area contributed by atoms with E-state index in [-0.39, 0.29) is 5.91 Å². The van der Waals surface area contributed by atoms with Gasteiger partial charge in [0.15, 0.2) is 0 Å². The van der Waals surface area contributed by atoms with Crippen molar-refractivity contribution in [2.45, 2.75) is 26.8 Å². The molecule has 0 aromatic heterocycles. The molecule has 0 saturated heterocycles. The first kappa shape index (κ1) is 16.6. The second-order valence-corrected chi connectivity index (χ2v) is 6.62. The molecule has 1 amide bonds. The van der Waals surface area contributed by atoms with Gasteiger partial charge in [-0.05, 0) is 41.8 Å². The van der Waals surface area contributed by atoms with Gasteiger partial charge in [0.05, 0.1) is 0 Å². The molecule has 2 rings (SSSR count). The summed E-state index contributed by atoms with van der Waals surface area (Å²) >= 11 is 3.43. The Bertz CT molecular complexity index is 623. The number of halogens is 1. The minimum absolute atomic E-state index is 0.0556. The van der Waals surface area contributed by atoms with E-state index >= 15 is 0 Å². The van der Waals surface area contributed by atoms with Crippen LogP contribution in [0.25, 0.3) is 0 Å². The molecule has 0 radical (unpaired) electrons. The zero-order valence-corrected chi connectivity index (χ0v) is 14.5. The van der Waals surface area contributed by atoms with Crippen molar-refractivity contribution >= 4 is 33.2 Å². The monoisotopic (exact) mass is 360 g/mol. The molecule has 2 N–H and O–H groups in total. The molecule has 3 nitrogen and oxygen atoms in total. The third-order valence-electron chi connectivity index (χ3n) is 3.15. The van der Waals surface area contributed by atoms with Gasteiger partial charge in [-0.3, -0.25) is 4.79 Å². The summed E-state index contributed by atoms with van der Waals surface area (Å²) in [6, 6.07) is 16.0. The van der Waals surface area contributed by atoms with Gasteiger partial charge < -0.3 is 10.6 Å². The summed E-state index contributed by atoms with van der Waals surface area (Å²) in [5, 5.41) is 6.30. The number of hydrogen-bond acceptors (Lipinski definition) is 2. The zero-order chi connectivity index (χ0) is 15.9. The fraction of sp³-hybridized carbons (Fsp3) is 0.278. The van der Waals surface area contributed by atoms with Crippen LogP contribution in [-0.2, 0) is 11.3 Å². The highest BCUT2D eigenvalue weighted by Gasteiger charge is 2.05. The SMILES string of the molecule is CC(C)CC(=O)Nc1cccc(NCc2ccc(Br)cc2)c1. The smallest absolute Gasteiger partial charge is 0.224 e. The van der Waals surface area contributed by atoms with Crippen LogP contribution in [0, 0.1) is 5.92 Å². The second-order valence-electron chi connectivity index (χ2n) is 5.71. The number of carbonyl (C=O) groups is 1. The Balaban J connectivity index is 1.93. The highest BCUT2D eigenvalue weighted by molar-refractivity contribution is 9.10. The average Bonchev–Trinajstić information content (AvgIpc) is 2.46. The Kier molecular flexibility index (Phi) is 6.01. The summed E-state index contributed by atoms with van der Waals surface area (Å²) < 4.78 is 1.08. The van der Waals surface area contributed by atoms with Crippen LogP contribution in [0.5, 0.6) is 0 Å². The van der Waals surface area contributed by atoms with Crippen molar-refractivity contribution in [3.8, 4) is 0 Å². The van der Waals surface area contributed by atoms with E-state index in [0.29, 0.717) is 12.3 Å². The van der Waals surface area contributed by atoms with Crippen molar-refractivity contribution in [3.05, 3.63) is 58.6 Å². The summed E-state index contributed by atoms with van der Waals surface area (Å²) in [4.78, 5) is 11.8. The molecule has 0 aliphatic heterocycles. The Hall–Kier alpha value is -1.81. The molecular formula is C18H21BrN2O. The summed E-state index contributed by atoms with van der Waals surface area (Å²) in [5.41, 5.74) is 3.02. The average molecular weight is 361 g/mol. The van der Waals surface area contributed by atoms with Gasteiger partial charge >= 0.3 is 0 Å². The third kappa shape index (κ3) is 5.53. The maximum Gasteiger partial charge on any atom is 0.224 e. The fourth-order valence-corrected chi connectivity index (χ4v) is 2.36. The Morgan fingerprint density at radius 2 is 1.77 bits per heavy atom. The van der Waals surface area contributed by atoms with Crippen molar-refractivity contribution in [1.29, 1.82) is 0 Å². The summed E-state index contributed by atoms with van der Waals surface area (Å²) in [6.07, 6.45) is 0.538. The first-order chi connectivity index (χ1) is 10.5. The van der Waals surface area contributed by atoms with Gasteiger partial charge in [-0.2, -0.15) is 0 Å². The van der Waals surface area contributed by atoms with Crippen LogP contribution in [-0.4, -0.2) is 5.91 Å². The molecule has 0 saturated carbocycles. The van der Waals surface area contributed by atoms with Crippen LogP contribution in [0.15, 0.2) is 53.0 Å². The molecule has 22 heavy (non-hydrogen) atoms. The molecule has 116 valence electrons. The van der Waals surface area contributed by atoms with Gasteiger partial charge in [0.1, 0.15) is 0 Å². The van der Waals surface area contributed by atoms with E-state index < -0.39 is 0 Å². The lowest BCUT2D eigenvalue weighted by Crippen LogP contribution is -2.13. The number of hydrogen-bond donors (Lipinski definition) is 2. The topological polar surface area (TPSA) is 41.1 Å². The second kappa shape index (κ2) is 7.99. The van der Waals surface area contributed by atoms with Crippen LogP contribution in [0.2, 0.25) is 0 Å². The molecule has 0 fully saturated rings. The highest BCUT2D eigenvalue weighted by atomic mass is 79.9. The molecule has 0 heterocycles. The largest absolute Gasteiger partial charge is 0.381 e. The number of carbonyl (C=O) groups excluding carboxylic acids is 1. The Morgan fingerprint density at radius 1 is 1.09 bits per heavy atom. The number of anilines is 2. The van der Waals surface area contributed by atoms with Crippen molar-refractivity contribution < 1.29 is 4.79 Å². The van der Waals surface area contributed by atoms with E-state index in [0.717, 1.165) is 22.4 Å². The maximum absolute atomic E-state index is 11.8. The Morgan fingerprint density at radius 3 is 2.45 bits per heavy atom. The van der Waals surface area contributed by atoms with Crippen molar-refractivity contribution in [3.63, 3.8) is 0 Å². The van der Waals surface area contributed by atoms with Crippen molar-refractivity contribution in [1.82, 2.24) is 0 Å². The normalized spacial score (nSPS) is 10.5. The van der Waals surface area contributed by atoms with Crippen LogP contribution in [0.1, 0.15) is 25.8 Å². The van der Waals surface area contributed by atoms with Gasteiger partial charge in [0.25, 0.3) is 0 Å². The predicted molar refractivity (Wildman–Crippen MR) is 96.0 cm³/mol. The number of benzene rings is 2. The summed E-state index contributed by atoms with van der Waals surface area (Å²) in [7, 11) is 0. The lowest BCUT2D eigenvalue weighted by Gasteiger charge is -2.10. The summed E-state index contributed by atoms with van der Waals surface area (Å²) in [6.45, 7) is 4.82. The Labute approximate surface area is 140 Å². The molecular weight excluding hydrogens is 340 g/mol.